The largest absolute Gasteiger partial charge is 0.484 e. The lowest BCUT2D eigenvalue weighted by Crippen LogP contribution is -2.16. The fraction of sp³-hybridized carbons (Fsp3) is 0.0741. The summed E-state index contributed by atoms with van der Waals surface area (Å²) in [6.07, 6.45) is -4.74. The van der Waals surface area contributed by atoms with E-state index in [0.717, 1.165) is 10.5 Å². The minimum absolute atomic E-state index is 0.0338. The molecule has 0 bridgehead atoms. The fourth-order valence-corrected chi connectivity index (χ4v) is 5.25. The zero-order chi connectivity index (χ0) is 27.7. The molecule has 198 valence electrons. The average Bonchev–Trinajstić information content (AvgIpc) is 3.53. The molecule has 0 aliphatic heterocycles. The number of hydrogen-bond acceptors (Lipinski definition) is 6. The summed E-state index contributed by atoms with van der Waals surface area (Å²) in [5, 5.41) is 2.76. The van der Waals surface area contributed by atoms with Crippen LogP contribution in [0.15, 0.2) is 81.7 Å². The molecule has 0 atom stereocenters. The first-order valence-corrected chi connectivity index (χ1v) is 12.9. The fourth-order valence-electron chi connectivity index (χ4n) is 3.85. The quantitative estimate of drug-likeness (QED) is 0.200. The van der Waals surface area contributed by atoms with Gasteiger partial charge in [-0.2, -0.15) is 13.2 Å². The second kappa shape index (κ2) is 10.5. The van der Waals surface area contributed by atoms with Crippen LogP contribution in [0.1, 0.15) is 31.7 Å². The molecule has 0 spiro atoms. The Morgan fingerprint density at radius 3 is 2.46 bits per heavy atom. The third-order valence-corrected chi connectivity index (χ3v) is 7.34. The molecule has 0 aliphatic rings. The zero-order valence-electron chi connectivity index (χ0n) is 19.7. The second-order valence-corrected chi connectivity index (χ2v) is 10.1. The number of anilines is 1. The molecule has 0 aliphatic carbocycles. The van der Waals surface area contributed by atoms with Crippen molar-refractivity contribution in [3.63, 3.8) is 0 Å². The van der Waals surface area contributed by atoms with Crippen LogP contribution < -0.4 is 15.8 Å². The lowest BCUT2D eigenvalue weighted by atomic mass is 10.0. The highest BCUT2D eigenvalue weighted by atomic mass is 79.9. The number of pyridine rings is 1. The topological polar surface area (TPSA) is 107 Å². The number of nitrogens with one attached hydrogen (secondary N) is 1. The first kappa shape index (κ1) is 26.4. The summed E-state index contributed by atoms with van der Waals surface area (Å²) in [6, 6.07) is 19.3. The molecule has 0 saturated carbocycles. The first-order chi connectivity index (χ1) is 18.6. The van der Waals surface area contributed by atoms with Crippen LogP contribution in [-0.4, -0.2) is 16.8 Å². The number of thiophene rings is 1. The number of benzene rings is 2. The van der Waals surface area contributed by atoms with Gasteiger partial charge in [0.25, 0.3) is 11.8 Å². The average molecular weight is 616 g/mol. The number of nitrogens with zero attached hydrogens (tertiary/aromatic N) is 1. The maximum absolute atomic E-state index is 13.7. The van der Waals surface area contributed by atoms with E-state index in [1.165, 1.54) is 6.07 Å². The number of nitrogens with two attached hydrogens (primary N) is 1. The molecule has 2 amide bonds. The van der Waals surface area contributed by atoms with Gasteiger partial charge in [0, 0.05) is 5.39 Å². The molecule has 7 nitrogen and oxygen atoms in total. The highest BCUT2D eigenvalue weighted by Crippen LogP contribution is 2.43. The predicted molar refractivity (Wildman–Crippen MR) is 144 cm³/mol. The summed E-state index contributed by atoms with van der Waals surface area (Å²) < 4.78 is 53.0. The highest BCUT2D eigenvalue weighted by Gasteiger charge is 2.35. The van der Waals surface area contributed by atoms with Gasteiger partial charge in [-0.15, -0.1) is 11.3 Å². The Balaban J connectivity index is 1.52. The molecule has 39 heavy (non-hydrogen) atoms. The number of rotatable bonds is 7. The van der Waals surface area contributed by atoms with Crippen LogP contribution in [0.3, 0.4) is 0 Å². The minimum Gasteiger partial charge on any atom is -0.484 e. The molecule has 2 aromatic carbocycles. The van der Waals surface area contributed by atoms with Gasteiger partial charge in [-0.05, 0) is 57.4 Å². The number of halogens is 4. The highest BCUT2D eigenvalue weighted by molar-refractivity contribution is 9.10. The molecule has 0 unspecified atom stereocenters. The van der Waals surface area contributed by atoms with Crippen LogP contribution in [-0.2, 0) is 12.8 Å². The summed E-state index contributed by atoms with van der Waals surface area (Å²) >= 11 is 4.05. The van der Waals surface area contributed by atoms with E-state index < -0.39 is 23.7 Å². The number of hydrogen-bond donors (Lipinski definition) is 2. The molecular weight excluding hydrogens is 599 g/mol. The normalized spacial score (nSPS) is 11.5. The van der Waals surface area contributed by atoms with Gasteiger partial charge < -0.3 is 20.2 Å². The molecule has 12 heteroatoms. The van der Waals surface area contributed by atoms with Crippen LogP contribution >= 0.6 is 27.3 Å². The summed E-state index contributed by atoms with van der Waals surface area (Å²) in [6.45, 7) is 0.0338. The smallest absolute Gasteiger partial charge is 0.433 e. The van der Waals surface area contributed by atoms with Gasteiger partial charge >= 0.3 is 6.18 Å². The molecule has 3 N–H and O–H groups in total. The number of furan rings is 1. The molecule has 0 radical (unpaired) electrons. The summed E-state index contributed by atoms with van der Waals surface area (Å²) in [5.41, 5.74) is 4.93. The van der Waals surface area contributed by atoms with Crippen LogP contribution in [0.5, 0.6) is 5.75 Å². The van der Waals surface area contributed by atoms with Crippen molar-refractivity contribution >= 4 is 55.0 Å². The van der Waals surface area contributed by atoms with E-state index in [9.17, 15) is 22.8 Å². The van der Waals surface area contributed by atoms with Crippen molar-refractivity contribution in [3.05, 3.63) is 99.4 Å². The Labute approximate surface area is 231 Å². The first-order valence-electron chi connectivity index (χ1n) is 11.3. The third-order valence-electron chi connectivity index (χ3n) is 5.59. The van der Waals surface area contributed by atoms with E-state index in [1.807, 2.05) is 12.1 Å². The van der Waals surface area contributed by atoms with E-state index in [-0.39, 0.29) is 38.7 Å². The van der Waals surface area contributed by atoms with E-state index in [1.54, 1.807) is 48.5 Å². The van der Waals surface area contributed by atoms with Crippen molar-refractivity contribution < 1.29 is 31.9 Å². The van der Waals surface area contributed by atoms with Gasteiger partial charge in [0.05, 0.1) is 10.2 Å². The van der Waals surface area contributed by atoms with Crippen molar-refractivity contribution in [2.45, 2.75) is 12.8 Å². The summed E-state index contributed by atoms with van der Waals surface area (Å²) in [4.78, 5) is 28.9. The lowest BCUT2D eigenvalue weighted by Gasteiger charge is -2.12. The van der Waals surface area contributed by atoms with Crippen LogP contribution in [0.4, 0.5) is 18.9 Å². The number of carbonyl (C=O) groups is 2. The Morgan fingerprint density at radius 2 is 1.77 bits per heavy atom. The zero-order valence-corrected chi connectivity index (χ0v) is 22.1. The van der Waals surface area contributed by atoms with Gasteiger partial charge in [-0.25, -0.2) is 4.98 Å². The molecule has 0 fully saturated rings. The van der Waals surface area contributed by atoms with Crippen molar-refractivity contribution in [3.8, 4) is 16.9 Å². The van der Waals surface area contributed by atoms with E-state index >= 15 is 0 Å². The van der Waals surface area contributed by atoms with Crippen molar-refractivity contribution in [2.24, 2.45) is 5.73 Å². The standard InChI is InChI=1S/C27H17BrF3N3O4S/c28-17-8-4-5-9-18(17)37-13-15-10-11-19(38-15)25(36)34-22-21-16(14-6-2-1-3-7-14)12-20(27(29,30)31)33-26(21)39-23(22)24(32)35/h1-12H,13H2,(H2,32,35)(H,34,36). The molecular formula is C27H17BrF3N3O4S. The van der Waals surface area contributed by atoms with Crippen molar-refractivity contribution in [1.82, 2.24) is 4.98 Å². The third kappa shape index (κ3) is 5.52. The van der Waals surface area contributed by atoms with Gasteiger partial charge in [0.15, 0.2) is 5.76 Å². The van der Waals surface area contributed by atoms with Crippen LogP contribution in [0, 0.1) is 0 Å². The van der Waals surface area contributed by atoms with Crippen molar-refractivity contribution in [1.29, 1.82) is 0 Å². The number of ether oxygens (including phenoxy) is 1. The van der Waals surface area contributed by atoms with E-state index in [2.05, 4.69) is 26.2 Å². The van der Waals surface area contributed by atoms with Crippen molar-refractivity contribution in [2.75, 3.05) is 5.32 Å². The van der Waals surface area contributed by atoms with E-state index in [0.29, 0.717) is 28.4 Å². The SMILES string of the molecule is NC(=O)c1sc2nc(C(F)(F)F)cc(-c3ccccc3)c2c1NC(=O)c1ccc(COc2ccccc2Br)o1. The van der Waals surface area contributed by atoms with E-state index in [4.69, 9.17) is 14.9 Å². The van der Waals surface area contributed by atoms with Crippen LogP contribution in [0.2, 0.25) is 0 Å². The minimum atomic E-state index is -4.74. The van der Waals surface area contributed by atoms with Gasteiger partial charge in [0.1, 0.15) is 33.5 Å². The van der Waals surface area contributed by atoms with Gasteiger partial charge in [0.2, 0.25) is 0 Å². The summed E-state index contributed by atoms with van der Waals surface area (Å²) in [7, 11) is 0. The Morgan fingerprint density at radius 1 is 1.05 bits per heavy atom. The van der Waals surface area contributed by atoms with Gasteiger partial charge in [-0.1, -0.05) is 42.5 Å². The molecule has 5 aromatic rings. The maximum Gasteiger partial charge on any atom is 0.433 e. The second-order valence-electron chi connectivity index (χ2n) is 8.21. The number of para-hydroxylation sites is 1. The Hall–Kier alpha value is -4.16. The molecule has 5 rings (SSSR count). The van der Waals surface area contributed by atoms with Crippen LogP contribution in [0.25, 0.3) is 21.3 Å². The summed E-state index contributed by atoms with van der Waals surface area (Å²) in [5.74, 6) is -0.833. The number of alkyl halides is 3. The number of carbonyl (C=O) groups excluding carboxylic acids is 2. The number of primary amides is 1. The maximum atomic E-state index is 13.7. The molecule has 3 heterocycles. The Kier molecular flexibility index (Phi) is 7.15. The molecule has 3 aromatic heterocycles. The monoisotopic (exact) mass is 615 g/mol. The lowest BCUT2D eigenvalue weighted by molar-refractivity contribution is -0.140. The van der Waals surface area contributed by atoms with Gasteiger partial charge in [-0.3, -0.25) is 9.59 Å². The molecule has 0 saturated heterocycles. The predicted octanol–water partition coefficient (Wildman–Crippen LogP) is 7.27. The Bertz CT molecular complexity index is 1700. The number of amides is 2. The number of fused-ring (bicyclic) bond motifs is 1. The number of aromatic nitrogens is 1.